The van der Waals surface area contributed by atoms with Gasteiger partial charge in [0.05, 0.1) is 16.3 Å². The van der Waals surface area contributed by atoms with Gasteiger partial charge in [-0.15, -0.1) is 11.3 Å². The molecule has 1 saturated carbocycles. The number of aliphatic hydroxyl groups is 1. The van der Waals surface area contributed by atoms with Crippen LogP contribution in [-0.2, 0) is 11.2 Å². The minimum absolute atomic E-state index is 0.0141. The molecular formula is C14H22N2O2S. The Morgan fingerprint density at radius 1 is 1.58 bits per heavy atom. The van der Waals surface area contributed by atoms with Crippen LogP contribution in [0.3, 0.4) is 0 Å². The highest BCUT2D eigenvalue weighted by atomic mass is 32.1. The summed E-state index contributed by atoms with van der Waals surface area (Å²) in [6, 6.07) is 0. The molecule has 2 rings (SSSR count). The van der Waals surface area contributed by atoms with Crippen molar-refractivity contribution in [3.63, 3.8) is 0 Å². The molecule has 0 bridgehead atoms. The van der Waals surface area contributed by atoms with E-state index in [0.29, 0.717) is 18.8 Å². The van der Waals surface area contributed by atoms with Crippen LogP contribution < -0.4 is 5.32 Å². The second-order valence-electron chi connectivity index (χ2n) is 6.20. The van der Waals surface area contributed by atoms with Crippen molar-refractivity contribution >= 4 is 22.2 Å². The number of nitrogens with one attached hydrogen (secondary N) is 1. The summed E-state index contributed by atoms with van der Waals surface area (Å²) in [6.07, 6.45) is 1.98. The number of amides is 1. The quantitative estimate of drug-likeness (QED) is 0.892. The summed E-state index contributed by atoms with van der Waals surface area (Å²) < 4.78 is 0. The highest BCUT2D eigenvalue weighted by Crippen LogP contribution is 2.38. The lowest BCUT2D eigenvalue weighted by Crippen LogP contribution is -2.46. The maximum atomic E-state index is 12.1. The second kappa shape index (κ2) is 5.21. The van der Waals surface area contributed by atoms with E-state index in [1.807, 2.05) is 6.92 Å². The molecule has 4 nitrogen and oxygen atoms in total. The van der Waals surface area contributed by atoms with Gasteiger partial charge in [0.25, 0.3) is 0 Å². The zero-order valence-corrected chi connectivity index (χ0v) is 12.8. The molecule has 0 unspecified atom stereocenters. The average Bonchev–Trinajstić information content (AvgIpc) is 2.54. The van der Waals surface area contributed by atoms with Gasteiger partial charge in [-0.25, -0.2) is 4.98 Å². The van der Waals surface area contributed by atoms with Crippen molar-refractivity contribution in [1.29, 1.82) is 0 Å². The zero-order chi connectivity index (χ0) is 14.2. The molecule has 19 heavy (non-hydrogen) atoms. The van der Waals surface area contributed by atoms with Crippen LogP contribution in [0.15, 0.2) is 0 Å². The van der Waals surface area contributed by atoms with Crippen LogP contribution in [0.1, 0.15) is 44.3 Å². The molecule has 1 fully saturated rings. The van der Waals surface area contributed by atoms with E-state index >= 15 is 0 Å². The molecule has 1 aliphatic rings. The number of carbonyl (C=O) groups excluding carboxylic acids is 1. The van der Waals surface area contributed by atoms with Gasteiger partial charge in [-0.2, -0.15) is 0 Å². The summed E-state index contributed by atoms with van der Waals surface area (Å²) in [6.45, 7) is 8.02. The number of hydrogen-bond donors (Lipinski definition) is 2. The minimum Gasteiger partial charge on any atom is -0.390 e. The van der Waals surface area contributed by atoms with Crippen molar-refractivity contribution in [2.24, 2.45) is 11.8 Å². The van der Waals surface area contributed by atoms with Crippen LogP contribution in [-0.4, -0.2) is 21.6 Å². The van der Waals surface area contributed by atoms with E-state index in [2.05, 4.69) is 24.1 Å². The fourth-order valence-electron chi connectivity index (χ4n) is 2.49. The number of rotatable bonds is 4. The molecule has 1 aromatic rings. The van der Waals surface area contributed by atoms with Crippen molar-refractivity contribution in [3.05, 3.63) is 10.7 Å². The van der Waals surface area contributed by atoms with Crippen molar-refractivity contribution < 1.29 is 9.90 Å². The first-order valence-corrected chi connectivity index (χ1v) is 7.58. The Bertz CT molecular complexity index is 472. The molecule has 1 aliphatic carbocycles. The molecule has 0 radical (unpaired) electrons. The minimum atomic E-state index is -0.660. The number of aromatic nitrogens is 1. The molecule has 5 heteroatoms. The van der Waals surface area contributed by atoms with Gasteiger partial charge < -0.3 is 10.4 Å². The lowest BCUT2D eigenvalue weighted by molar-refractivity contribution is -0.133. The first-order chi connectivity index (χ1) is 8.77. The highest BCUT2D eigenvalue weighted by molar-refractivity contribution is 7.16. The first kappa shape index (κ1) is 14.5. The van der Waals surface area contributed by atoms with Crippen molar-refractivity contribution in [2.45, 2.75) is 52.6 Å². The van der Waals surface area contributed by atoms with E-state index < -0.39 is 5.60 Å². The average molecular weight is 282 g/mol. The fourth-order valence-corrected chi connectivity index (χ4v) is 3.34. The van der Waals surface area contributed by atoms with Gasteiger partial charge in [0.2, 0.25) is 5.91 Å². The molecule has 106 valence electrons. The topological polar surface area (TPSA) is 62.2 Å². The summed E-state index contributed by atoms with van der Waals surface area (Å²) in [7, 11) is 0. The predicted molar refractivity (Wildman–Crippen MR) is 77.4 cm³/mol. The Hall–Kier alpha value is -0.940. The summed E-state index contributed by atoms with van der Waals surface area (Å²) >= 11 is 1.53. The van der Waals surface area contributed by atoms with Crippen LogP contribution in [0.4, 0.5) is 5.00 Å². The largest absolute Gasteiger partial charge is 0.390 e. The van der Waals surface area contributed by atoms with Crippen LogP contribution >= 0.6 is 11.3 Å². The van der Waals surface area contributed by atoms with Gasteiger partial charge >= 0.3 is 0 Å². The SMILES string of the molecule is Cc1nc(CC(C)C)c(NC(=O)C2CC(C)(O)C2)s1. The first-order valence-electron chi connectivity index (χ1n) is 6.76. The molecule has 1 aromatic heterocycles. The predicted octanol–water partition coefficient (Wildman–Crippen LogP) is 2.75. The number of aryl methyl sites for hydroxylation is 1. The third kappa shape index (κ3) is 3.54. The normalized spacial score (nSPS) is 26.3. The standard InChI is InChI=1S/C14H22N2O2S/c1-8(2)5-11-13(19-9(3)15-11)16-12(17)10-6-14(4,18)7-10/h8,10,18H,5-7H2,1-4H3,(H,16,17). The number of hydrogen-bond acceptors (Lipinski definition) is 4. The van der Waals surface area contributed by atoms with Gasteiger partial charge in [0.1, 0.15) is 5.00 Å². The molecule has 0 aromatic carbocycles. The zero-order valence-electron chi connectivity index (χ0n) is 12.0. The summed E-state index contributed by atoms with van der Waals surface area (Å²) in [5.41, 5.74) is 0.323. The second-order valence-corrected chi connectivity index (χ2v) is 7.40. The van der Waals surface area contributed by atoms with Crippen molar-refractivity contribution in [1.82, 2.24) is 4.98 Å². The molecule has 0 aliphatic heterocycles. The van der Waals surface area contributed by atoms with Gasteiger partial charge in [0, 0.05) is 5.92 Å². The molecular weight excluding hydrogens is 260 g/mol. The number of carbonyl (C=O) groups is 1. The lowest BCUT2D eigenvalue weighted by atomic mass is 9.72. The van der Waals surface area contributed by atoms with Crippen molar-refractivity contribution in [2.75, 3.05) is 5.32 Å². The Morgan fingerprint density at radius 3 is 2.74 bits per heavy atom. The van der Waals surface area contributed by atoms with E-state index in [9.17, 15) is 9.90 Å². The number of thiazole rings is 1. The van der Waals surface area contributed by atoms with E-state index in [-0.39, 0.29) is 11.8 Å². The monoisotopic (exact) mass is 282 g/mol. The fraction of sp³-hybridized carbons (Fsp3) is 0.714. The van der Waals surface area contributed by atoms with Crippen LogP contribution in [0, 0.1) is 18.8 Å². The van der Waals surface area contributed by atoms with Gasteiger partial charge in [-0.1, -0.05) is 13.8 Å². The molecule has 0 atom stereocenters. The Labute approximate surface area is 118 Å². The van der Waals surface area contributed by atoms with E-state index in [4.69, 9.17) is 0 Å². The maximum absolute atomic E-state index is 12.1. The number of anilines is 1. The smallest absolute Gasteiger partial charge is 0.228 e. The molecule has 1 heterocycles. The van der Waals surface area contributed by atoms with E-state index in [0.717, 1.165) is 22.1 Å². The summed E-state index contributed by atoms with van der Waals surface area (Å²) in [5.74, 6) is 0.464. The number of nitrogens with zero attached hydrogens (tertiary/aromatic N) is 1. The van der Waals surface area contributed by atoms with Crippen LogP contribution in [0.2, 0.25) is 0 Å². The van der Waals surface area contributed by atoms with E-state index in [1.54, 1.807) is 6.92 Å². The Morgan fingerprint density at radius 2 is 2.21 bits per heavy atom. The van der Waals surface area contributed by atoms with Crippen molar-refractivity contribution in [3.8, 4) is 0 Å². The van der Waals surface area contributed by atoms with Gasteiger partial charge in [-0.3, -0.25) is 4.79 Å². The Kier molecular flexibility index (Phi) is 3.97. The maximum Gasteiger partial charge on any atom is 0.228 e. The van der Waals surface area contributed by atoms with Crippen LogP contribution in [0.5, 0.6) is 0 Å². The molecule has 0 spiro atoms. The molecule has 1 amide bonds. The van der Waals surface area contributed by atoms with E-state index in [1.165, 1.54) is 11.3 Å². The highest BCUT2D eigenvalue weighted by Gasteiger charge is 2.42. The third-order valence-corrected chi connectivity index (χ3v) is 4.31. The van der Waals surface area contributed by atoms with Gasteiger partial charge in [0.15, 0.2) is 0 Å². The third-order valence-electron chi connectivity index (χ3n) is 3.39. The Balaban J connectivity index is 2.01. The summed E-state index contributed by atoms with van der Waals surface area (Å²) in [4.78, 5) is 16.6. The molecule has 2 N–H and O–H groups in total. The van der Waals surface area contributed by atoms with Gasteiger partial charge in [-0.05, 0) is 39.0 Å². The molecule has 0 saturated heterocycles. The lowest BCUT2D eigenvalue weighted by Gasteiger charge is -2.39. The van der Waals surface area contributed by atoms with Crippen LogP contribution in [0.25, 0.3) is 0 Å². The summed E-state index contributed by atoms with van der Waals surface area (Å²) in [5, 5.41) is 14.5.